The number of carbonyl (C=O) groups is 2. The number of pyridine rings is 2. The summed E-state index contributed by atoms with van der Waals surface area (Å²) in [6, 6.07) is 2.26. The molecule has 0 saturated carbocycles. The number of hydrogen-bond acceptors (Lipinski definition) is 8. The number of nitrogens with two attached hydrogens (primary N) is 2. The Bertz CT molecular complexity index is 945. The minimum absolute atomic E-state index is 0.0764. The van der Waals surface area contributed by atoms with Gasteiger partial charge in [0, 0.05) is 5.69 Å². The van der Waals surface area contributed by atoms with Crippen molar-refractivity contribution in [3.63, 3.8) is 0 Å². The molecule has 0 bridgehead atoms. The van der Waals surface area contributed by atoms with Crippen molar-refractivity contribution in [3.8, 4) is 0 Å². The highest BCUT2D eigenvalue weighted by Crippen LogP contribution is 2.36. The third-order valence-corrected chi connectivity index (χ3v) is 4.23. The van der Waals surface area contributed by atoms with Gasteiger partial charge in [0.1, 0.15) is 15.9 Å². The maximum absolute atomic E-state index is 12.6. The topological polar surface area (TPSA) is 130 Å². The molecule has 2 rings (SSSR count). The molecule has 0 amide bonds. The van der Waals surface area contributed by atoms with E-state index < -0.39 is 35.1 Å². The number of methoxy groups -OCH3 is 2. The zero-order valence-corrected chi connectivity index (χ0v) is 17.7. The van der Waals surface area contributed by atoms with Crippen LogP contribution in [-0.4, -0.2) is 36.1 Å². The van der Waals surface area contributed by atoms with E-state index in [2.05, 4.69) is 35.4 Å². The van der Waals surface area contributed by atoms with Gasteiger partial charge in [0.05, 0.1) is 24.4 Å². The van der Waals surface area contributed by atoms with Crippen molar-refractivity contribution in [2.24, 2.45) is 0 Å². The van der Waals surface area contributed by atoms with Crippen molar-refractivity contribution in [1.29, 1.82) is 0 Å². The Kier molecular flexibility index (Phi) is 8.48. The Morgan fingerprint density at radius 1 is 0.966 bits per heavy atom. The lowest BCUT2D eigenvalue weighted by atomic mass is 10.1. The molecule has 29 heavy (non-hydrogen) atoms. The molecular formula is C15H12BrCl2F3N4O4. The number of esters is 2. The van der Waals surface area contributed by atoms with Crippen molar-refractivity contribution >= 4 is 62.4 Å². The van der Waals surface area contributed by atoms with Gasteiger partial charge in [-0.1, -0.05) is 23.2 Å². The highest BCUT2D eigenvalue weighted by molar-refractivity contribution is 9.10. The molecule has 0 spiro atoms. The van der Waals surface area contributed by atoms with Crippen LogP contribution in [0.4, 0.5) is 24.5 Å². The highest BCUT2D eigenvalue weighted by Gasteiger charge is 2.39. The average molecular weight is 520 g/mol. The number of anilines is 2. The number of nitrogen functional groups attached to an aromatic ring is 2. The molecule has 0 aliphatic rings. The first-order chi connectivity index (χ1) is 13.3. The second-order valence-electron chi connectivity index (χ2n) is 4.94. The average Bonchev–Trinajstić information content (AvgIpc) is 2.61. The van der Waals surface area contributed by atoms with Gasteiger partial charge in [-0.3, -0.25) is 0 Å². The van der Waals surface area contributed by atoms with Gasteiger partial charge in [-0.25, -0.2) is 19.6 Å². The smallest absolute Gasteiger partial charge is 0.420 e. The molecule has 0 aliphatic carbocycles. The zero-order chi connectivity index (χ0) is 22.5. The van der Waals surface area contributed by atoms with Crippen molar-refractivity contribution < 1.29 is 32.2 Å². The molecule has 2 heterocycles. The standard InChI is InChI=1S/C8H6ClF3N2O2.C7H6BrClN2O2/c1-16-7(15)6-5(8(10,11)12)3(13)2-4(9)14-6;1-13-7(12)6-5(8)3(10)2-4(9)11-6/h2H,1H3,(H2,13,14);2H,1H3,(H2,10,11). The van der Waals surface area contributed by atoms with Gasteiger partial charge in [-0.05, 0) is 28.1 Å². The molecule has 14 heteroatoms. The summed E-state index contributed by atoms with van der Waals surface area (Å²) in [7, 11) is 2.19. The fourth-order valence-electron chi connectivity index (χ4n) is 1.82. The molecule has 158 valence electrons. The lowest BCUT2D eigenvalue weighted by Gasteiger charge is -2.13. The van der Waals surface area contributed by atoms with Crippen molar-refractivity contribution in [1.82, 2.24) is 9.97 Å². The third-order valence-electron chi connectivity index (χ3n) is 3.01. The van der Waals surface area contributed by atoms with Crippen LogP contribution in [0.5, 0.6) is 0 Å². The van der Waals surface area contributed by atoms with Gasteiger partial charge in [0.25, 0.3) is 0 Å². The molecule has 0 atom stereocenters. The van der Waals surface area contributed by atoms with Gasteiger partial charge in [-0.15, -0.1) is 0 Å². The lowest BCUT2D eigenvalue weighted by molar-refractivity contribution is -0.137. The summed E-state index contributed by atoms with van der Waals surface area (Å²) < 4.78 is 46.7. The predicted octanol–water partition coefficient (Wildman–Crippen LogP) is 3.99. The van der Waals surface area contributed by atoms with E-state index in [1.165, 1.54) is 13.2 Å². The van der Waals surface area contributed by atoms with E-state index in [4.69, 9.17) is 34.7 Å². The second-order valence-corrected chi connectivity index (χ2v) is 6.50. The summed E-state index contributed by atoms with van der Waals surface area (Å²) in [5.74, 6) is -1.83. The third kappa shape index (κ3) is 6.34. The molecule has 0 aliphatic heterocycles. The van der Waals surface area contributed by atoms with Crippen LogP contribution >= 0.6 is 39.1 Å². The zero-order valence-electron chi connectivity index (χ0n) is 14.6. The Hall–Kier alpha value is -2.31. The van der Waals surface area contributed by atoms with E-state index >= 15 is 0 Å². The SMILES string of the molecule is COC(=O)c1nc(Cl)cc(N)c1Br.COC(=O)c1nc(Cl)cc(N)c1C(F)(F)F. The molecule has 0 radical (unpaired) electrons. The number of rotatable bonds is 2. The number of alkyl halides is 3. The monoisotopic (exact) mass is 518 g/mol. The van der Waals surface area contributed by atoms with Crippen LogP contribution in [0.25, 0.3) is 0 Å². The molecule has 0 unspecified atom stereocenters. The van der Waals surface area contributed by atoms with Gasteiger partial charge in [0.15, 0.2) is 11.4 Å². The Morgan fingerprint density at radius 2 is 1.38 bits per heavy atom. The quantitative estimate of drug-likeness (QED) is 0.450. The minimum Gasteiger partial charge on any atom is -0.464 e. The molecule has 0 saturated heterocycles. The Morgan fingerprint density at radius 3 is 1.83 bits per heavy atom. The summed E-state index contributed by atoms with van der Waals surface area (Å²) in [5, 5.41) is -0.160. The van der Waals surface area contributed by atoms with Crippen LogP contribution in [0.15, 0.2) is 16.6 Å². The molecule has 4 N–H and O–H groups in total. The largest absolute Gasteiger partial charge is 0.464 e. The summed E-state index contributed by atoms with van der Waals surface area (Å²) in [5.41, 5.74) is 8.15. The first-order valence-electron chi connectivity index (χ1n) is 7.14. The number of aromatic nitrogens is 2. The number of ether oxygens (including phenoxy) is 2. The highest BCUT2D eigenvalue weighted by atomic mass is 79.9. The molecule has 2 aromatic heterocycles. The van der Waals surface area contributed by atoms with E-state index in [9.17, 15) is 22.8 Å². The van der Waals surface area contributed by atoms with E-state index in [0.717, 1.165) is 13.2 Å². The molecule has 0 aromatic carbocycles. The second kappa shape index (κ2) is 9.94. The van der Waals surface area contributed by atoms with E-state index in [-0.39, 0.29) is 16.0 Å². The predicted molar refractivity (Wildman–Crippen MR) is 103 cm³/mol. The number of nitrogens with zero attached hydrogens (tertiary/aromatic N) is 2. The van der Waals surface area contributed by atoms with Gasteiger partial charge in [0.2, 0.25) is 0 Å². The van der Waals surface area contributed by atoms with E-state index in [1.807, 2.05) is 0 Å². The van der Waals surface area contributed by atoms with Crippen LogP contribution in [0.1, 0.15) is 26.5 Å². The number of halogens is 6. The molecule has 8 nitrogen and oxygen atoms in total. The van der Waals surface area contributed by atoms with Crippen LogP contribution in [-0.2, 0) is 15.7 Å². The maximum Gasteiger partial charge on any atom is 0.420 e. The fourth-order valence-corrected chi connectivity index (χ4v) is 2.59. The Balaban J connectivity index is 0.000000296. The van der Waals surface area contributed by atoms with Gasteiger partial charge >= 0.3 is 18.1 Å². The van der Waals surface area contributed by atoms with Gasteiger partial charge in [-0.2, -0.15) is 13.2 Å². The molecule has 2 aromatic rings. The maximum atomic E-state index is 12.6. The van der Waals surface area contributed by atoms with E-state index in [0.29, 0.717) is 10.2 Å². The normalized spacial score (nSPS) is 10.6. The minimum atomic E-state index is -4.80. The van der Waals surface area contributed by atoms with E-state index in [1.54, 1.807) is 0 Å². The first kappa shape index (κ1) is 24.7. The number of carbonyl (C=O) groups excluding carboxylic acids is 2. The fraction of sp³-hybridized carbons (Fsp3) is 0.200. The van der Waals surface area contributed by atoms with Crippen LogP contribution < -0.4 is 11.5 Å². The summed E-state index contributed by atoms with van der Waals surface area (Å²) in [4.78, 5) is 29.2. The number of hydrogen-bond donors (Lipinski definition) is 2. The van der Waals surface area contributed by atoms with Crippen LogP contribution in [0.2, 0.25) is 10.3 Å². The van der Waals surface area contributed by atoms with Crippen molar-refractivity contribution in [2.75, 3.05) is 25.7 Å². The van der Waals surface area contributed by atoms with Crippen molar-refractivity contribution in [2.45, 2.75) is 6.18 Å². The molecule has 0 fully saturated rings. The summed E-state index contributed by atoms with van der Waals surface area (Å²) in [6.07, 6.45) is -4.80. The lowest BCUT2D eigenvalue weighted by Crippen LogP contribution is -2.18. The molecular weight excluding hydrogens is 508 g/mol. The first-order valence-corrected chi connectivity index (χ1v) is 8.69. The van der Waals surface area contributed by atoms with Crippen LogP contribution in [0.3, 0.4) is 0 Å². The van der Waals surface area contributed by atoms with Gasteiger partial charge < -0.3 is 20.9 Å². The van der Waals surface area contributed by atoms with Crippen molar-refractivity contribution in [3.05, 3.63) is 43.9 Å². The summed E-state index contributed by atoms with van der Waals surface area (Å²) >= 11 is 14.1. The Labute approximate surface area is 180 Å². The van der Waals surface area contributed by atoms with Crippen LogP contribution in [0, 0.1) is 0 Å². The summed E-state index contributed by atoms with van der Waals surface area (Å²) in [6.45, 7) is 0.